The molecule has 0 atom stereocenters. The van der Waals surface area contributed by atoms with Gasteiger partial charge in [0.15, 0.2) is 10.8 Å². The number of halogens is 1. The van der Waals surface area contributed by atoms with Crippen molar-refractivity contribution in [3.63, 3.8) is 0 Å². The van der Waals surface area contributed by atoms with Crippen LogP contribution in [0.1, 0.15) is 4.88 Å². The fourth-order valence-electron chi connectivity index (χ4n) is 1.54. The van der Waals surface area contributed by atoms with Gasteiger partial charge in [-0.05, 0) is 12.1 Å². The smallest absolute Gasteiger partial charge is 0.273 e. The monoisotopic (exact) mass is 340 g/mol. The third-order valence-corrected chi connectivity index (χ3v) is 5.51. The first-order valence-corrected chi connectivity index (χ1v) is 8.07. The van der Waals surface area contributed by atoms with Crippen molar-refractivity contribution >= 4 is 50.1 Å². The summed E-state index contributed by atoms with van der Waals surface area (Å²) in [6.45, 7) is 0. The first-order valence-electron chi connectivity index (χ1n) is 5.39. The van der Waals surface area contributed by atoms with Crippen LogP contribution in [-0.4, -0.2) is 28.4 Å². The molecule has 106 valence electrons. The van der Waals surface area contributed by atoms with E-state index in [1.165, 1.54) is 18.5 Å². The van der Waals surface area contributed by atoms with E-state index in [1.807, 2.05) is 6.07 Å². The first-order chi connectivity index (χ1) is 9.99. The molecule has 8 nitrogen and oxygen atoms in total. The quantitative estimate of drug-likeness (QED) is 0.700. The second kappa shape index (κ2) is 4.96. The second-order valence-electron chi connectivity index (χ2n) is 3.78. The number of rotatable bonds is 3. The van der Waals surface area contributed by atoms with Crippen LogP contribution in [0.4, 0.5) is 5.95 Å². The summed E-state index contributed by atoms with van der Waals surface area (Å²) in [7, 11) is -3.88. The van der Waals surface area contributed by atoms with Crippen molar-refractivity contribution in [1.82, 2.24) is 19.9 Å². The highest BCUT2D eigenvalue weighted by Crippen LogP contribution is 2.24. The number of H-pyrrole nitrogens is 1. The molecule has 3 heterocycles. The molecule has 0 saturated carbocycles. The molecular weight excluding hydrogens is 336 g/mol. The van der Waals surface area contributed by atoms with E-state index >= 15 is 0 Å². The molecule has 3 aromatic rings. The van der Waals surface area contributed by atoms with Gasteiger partial charge in [0.1, 0.15) is 20.7 Å². The molecule has 0 aliphatic heterocycles. The van der Waals surface area contributed by atoms with Gasteiger partial charge in [0.25, 0.3) is 10.0 Å². The van der Waals surface area contributed by atoms with E-state index in [0.717, 1.165) is 11.3 Å². The van der Waals surface area contributed by atoms with E-state index in [1.54, 1.807) is 0 Å². The lowest BCUT2D eigenvalue weighted by Crippen LogP contribution is -2.14. The van der Waals surface area contributed by atoms with Crippen molar-refractivity contribution in [1.29, 1.82) is 5.26 Å². The highest BCUT2D eigenvalue weighted by atomic mass is 35.5. The van der Waals surface area contributed by atoms with Gasteiger partial charge in [0.05, 0.1) is 6.33 Å². The van der Waals surface area contributed by atoms with Crippen LogP contribution in [0.2, 0.25) is 5.15 Å². The summed E-state index contributed by atoms with van der Waals surface area (Å²) in [6, 6.07) is 4.63. The minimum absolute atomic E-state index is 0.0131. The van der Waals surface area contributed by atoms with Crippen LogP contribution in [-0.2, 0) is 10.0 Å². The number of fused-ring (bicyclic) bond motifs is 1. The van der Waals surface area contributed by atoms with Crippen molar-refractivity contribution in [3.8, 4) is 6.07 Å². The van der Waals surface area contributed by atoms with Gasteiger partial charge < -0.3 is 4.98 Å². The summed E-state index contributed by atoms with van der Waals surface area (Å²) < 4.78 is 26.5. The molecule has 0 radical (unpaired) electrons. The number of nitrogens with one attached hydrogen (secondary N) is 2. The summed E-state index contributed by atoms with van der Waals surface area (Å²) in [5.74, 6) is -0.188. The van der Waals surface area contributed by atoms with Crippen LogP contribution in [0.25, 0.3) is 11.2 Å². The molecule has 0 unspecified atom stereocenters. The number of hydrogen-bond donors (Lipinski definition) is 2. The molecule has 3 aromatic heterocycles. The zero-order chi connectivity index (χ0) is 15.0. The normalized spacial score (nSPS) is 11.4. The molecule has 0 bridgehead atoms. The Hall–Kier alpha value is -2.22. The lowest BCUT2D eigenvalue weighted by Gasteiger charge is -2.04. The Morgan fingerprint density at radius 2 is 2.19 bits per heavy atom. The molecular formula is C10H5ClN6O2S2. The fourth-order valence-corrected chi connectivity index (χ4v) is 3.80. The molecule has 3 rings (SSSR count). The van der Waals surface area contributed by atoms with Crippen LogP contribution in [0.3, 0.4) is 0 Å². The summed E-state index contributed by atoms with van der Waals surface area (Å²) in [5.41, 5.74) is 0.666. The topological polar surface area (TPSA) is 124 Å². The molecule has 0 spiro atoms. The maximum Gasteiger partial charge on any atom is 0.273 e. The van der Waals surface area contributed by atoms with Gasteiger partial charge in [-0.3, -0.25) is 0 Å². The van der Waals surface area contributed by atoms with Crippen LogP contribution in [0.15, 0.2) is 22.7 Å². The van der Waals surface area contributed by atoms with E-state index in [2.05, 4.69) is 24.7 Å². The molecule has 2 N–H and O–H groups in total. The molecule has 0 aromatic carbocycles. The minimum atomic E-state index is -3.88. The van der Waals surface area contributed by atoms with E-state index in [4.69, 9.17) is 16.9 Å². The average molecular weight is 341 g/mol. The molecule has 21 heavy (non-hydrogen) atoms. The van der Waals surface area contributed by atoms with Crippen LogP contribution < -0.4 is 4.72 Å². The zero-order valence-electron chi connectivity index (χ0n) is 10.0. The lowest BCUT2D eigenvalue weighted by molar-refractivity contribution is 0.603. The predicted octanol–water partition coefficient (Wildman–Crippen LogP) is 1.74. The van der Waals surface area contributed by atoms with Gasteiger partial charge in [-0.1, -0.05) is 11.6 Å². The molecule has 11 heteroatoms. The second-order valence-corrected chi connectivity index (χ2v) is 7.13. The number of anilines is 1. The third kappa shape index (κ3) is 2.54. The Morgan fingerprint density at radius 1 is 1.38 bits per heavy atom. The first kappa shape index (κ1) is 13.7. The van der Waals surface area contributed by atoms with E-state index in [-0.39, 0.29) is 25.8 Å². The van der Waals surface area contributed by atoms with Gasteiger partial charge in [-0.25, -0.2) is 18.1 Å². The molecule has 0 saturated heterocycles. The molecule has 0 fully saturated rings. The van der Waals surface area contributed by atoms with Crippen molar-refractivity contribution in [2.24, 2.45) is 0 Å². The number of aromatic nitrogens is 4. The van der Waals surface area contributed by atoms with Crippen molar-refractivity contribution in [3.05, 3.63) is 28.5 Å². The van der Waals surface area contributed by atoms with Gasteiger partial charge in [-0.2, -0.15) is 15.2 Å². The zero-order valence-corrected chi connectivity index (χ0v) is 12.4. The number of imidazole rings is 1. The SMILES string of the molecule is N#Cc1ccc(S(=O)(=O)Nc2nc(Cl)c3[nH]cnc3n2)s1. The Labute approximate surface area is 127 Å². The molecule has 0 amide bonds. The third-order valence-electron chi connectivity index (χ3n) is 2.42. The number of aromatic amines is 1. The maximum atomic E-state index is 12.2. The van der Waals surface area contributed by atoms with Gasteiger partial charge in [0, 0.05) is 0 Å². The number of thiophene rings is 1. The highest BCUT2D eigenvalue weighted by molar-refractivity contribution is 7.94. The number of hydrogen-bond acceptors (Lipinski definition) is 7. The summed E-state index contributed by atoms with van der Waals surface area (Å²) in [6.07, 6.45) is 1.38. The summed E-state index contributed by atoms with van der Waals surface area (Å²) >= 11 is 6.75. The van der Waals surface area contributed by atoms with Gasteiger partial charge in [0.2, 0.25) is 5.95 Å². The average Bonchev–Trinajstić information content (AvgIpc) is 3.06. The van der Waals surface area contributed by atoms with Gasteiger partial charge >= 0.3 is 0 Å². The van der Waals surface area contributed by atoms with E-state index < -0.39 is 10.0 Å². The van der Waals surface area contributed by atoms with E-state index in [0.29, 0.717) is 5.52 Å². The Morgan fingerprint density at radius 3 is 2.90 bits per heavy atom. The Kier molecular flexibility index (Phi) is 3.25. The summed E-state index contributed by atoms with van der Waals surface area (Å²) in [4.78, 5) is 14.7. The highest BCUT2D eigenvalue weighted by Gasteiger charge is 2.19. The Bertz CT molecular complexity index is 971. The van der Waals surface area contributed by atoms with Crippen molar-refractivity contribution in [2.45, 2.75) is 4.21 Å². The lowest BCUT2D eigenvalue weighted by atomic mass is 10.5. The largest absolute Gasteiger partial charge is 0.341 e. The maximum absolute atomic E-state index is 12.2. The number of sulfonamides is 1. The standard InChI is InChI=1S/C10H5ClN6O2S2/c11-8-7-9(14-4-13-7)16-10(15-8)17-21(18,19)6-2-1-5(3-12)20-6/h1-2,4H,(H2,13,14,15,16,17). The Balaban J connectivity index is 1.99. The predicted molar refractivity (Wildman–Crippen MR) is 76.5 cm³/mol. The van der Waals surface area contributed by atoms with Crippen molar-refractivity contribution < 1.29 is 8.42 Å². The van der Waals surface area contributed by atoms with Crippen LogP contribution >= 0.6 is 22.9 Å². The van der Waals surface area contributed by atoms with Crippen LogP contribution in [0, 0.1) is 11.3 Å². The number of nitrogens with zero attached hydrogens (tertiary/aromatic N) is 4. The molecule has 0 aliphatic carbocycles. The minimum Gasteiger partial charge on any atom is -0.341 e. The number of nitriles is 1. The van der Waals surface area contributed by atoms with E-state index in [9.17, 15) is 8.42 Å². The summed E-state index contributed by atoms with van der Waals surface area (Å²) in [5, 5.41) is 8.78. The van der Waals surface area contributed by atoms with Crippen LogP contribution in [0.5, 0.6) is 0 Å². The van der Waals surface area contributed by atoms with Gasteiger partial charge in [-0.15, -0.1) is 11.3 Å². The molecule has 0 aliphatic rings. The fraction of sp³-hybridized carbons (Fsp3) is 0. The van der Waals surface area contributed by atoms with Crippen molar-refractivity contribution in [2.75, 3.05) is 4.72 Å².